The Balaban J connectivity index is 2.09. The van der Waals surface area contributed by atoms with Crippen LogP contribution in [0, 0.1) is 6.92 Å². The van der Waals surface area contributed by atoms with Crippen LogP contribution in [0.3, 0.4) is 0 Å². The first-order chi connectivity index (χ1) is 9.47. The summed E-state index contributed by atoms with van der Waals surface area (Å²) < 4.78 is 0. The Kier molecular flexibility index (Phi) is 4.39. The molecule has 20 heavy (non-hydrogen) atoms. The van der Waals surface area contributed by atoms with E-state index in [1.54, 1.807) is 6.92 Å². The first kappa shape index (κ1) is 14.5. The number of carbonyl (C=O) groups excluding carboxylic acids is 2. The number of nitrogens with zero attached hydrogens (tertiary/aromatic N) is 1. The molecule has 0 aliphatic carbocycles. The zero-order valence-corrected chi connectivity index (χ0v) is 12.0. The monoisotopic (exact) mass is 275 g/mol. The molecule has 1 aliphatic heterocycles. The van der Waals surface area contributed by atoms with Crippen LogP contribution in [0.1, 0.15) is 31.7 Å². The number of carbonyl (C=O) groups is 2. The van der Waals surface area contributed by atoms with Crippen LogP contribution >= 0.6 is 0 Å². The van der Waals surface area contributed by atoms with Gasteiger partial charge >= 0.3 is 0 Å². The van der Waals surface area contributed by atoms with E-state index in [0.29, 0.717) is 12.8 Å². The molecule has 1 saturated heterocycles. The van der Waals surface area contributed by atoms with Crippen LogP contribution in [0.4, 0.5) is 11.4 Å². The second kappa shape index (κ2) is 6.05. The van der Waals surface area contributed by atoms with E-state index in [2.05, 4.69) is 5.32 Å². The van der Waals surface area contributed by atoms with Crippen molar-refractivity contribution in [1.29, 1.82) is 0 Å². The zero-order valence-electron chi connectivity index (χ0n) is 12.0. The lowest BCUT2D eigenvalue weighted by atomic mass is 10.1. The summed E-state index contributed by atoms with van der Waals surface area (Å²) in [6, 6.07) is 5.45. The van der Waals surface area contributed by atoms with Crippen LogP contribution < -0.4 is 16.0 Å². The summed E-state index contributed by atoms with van der Waals surface area (Å²) in [6.07, 6.45) is 1.82. The van der Waals surface area contributed by atoms with E-state index in [0.717, 1.165) is 29.9 Å². The third kappa shape index (κ3) is 3.36. The molecule has 3 N–H and O–H groups in total. The van der Waals surface area contributed by atoms with Crippen molar-refractivity contribution in [3.63, 3.8) is 0 Å². The van der Waals surface area contributed by atoms with Gasteiger partial charge in [-0.3, -0.25) is 9.59 Å². The lowest BCUT2D eigenvalue weighted by Crippen LogP contribution is -2.25. The fraction of sp³-hybridized carbons (Fsp3) is 0.467. The van der Waals surface area contributed by atoms with Gasteiger partial charge < -0.3 is 16.0 Å². The van der Waals surface area contributed by atoms with Crippen LogP contribution in [0.2, 0.25) is 0 Å². The number of hydrogen-bond donors (Lipinski definition) is 2. The van der Waals surface area contributed by atoms with E-state index in [1.807, 2.05) is 30.0 Å². The number of benzene rings is 1. The molecule has 5 heteroatoms. The van der Waals surface area contributed by atoms with Gasteiger partial charge in [-0.1, -0.05) is 0 Å². The van der Waals surface area contributed by atoms with Crippen LogP contribution in [-0.4, -0.2) is 24.4 Å². The third-order valence-corrected chi connectivity index (χ3v) is 3.35. The Morgan fingerprint density at radius 3 is 2.80 bits per heavy atom. The summed E-state index contributed by atoms with van der Waals surface area (Å²) >= 11 is 0. The molecule has 2 amide bonds. The van der Waals surface area contributed by atoms with E-state index < -0.39 is 0 Å². The molecule has 1 heterocycles. The molecule has 2 rings (SSSR count). The maximum atomic E-state index is 11.8. The van der Waals surface area contributed by atoms with Crippen molar-refractivity contribution in [2.45, 2.75) is 39.2 Å². The molecule has 1 aromatic rings. The van der Waals surface area contributed by atoms with Crippen LogP contribution in [0.25, 0.3) is 0 Å². The molecule has 0 bridgehead atoms. The van der Waals surface area contributed by atoms with Crippen molar-refractivity contribution < 1.29 is 9.59 Å². The minimum atomic E-state index is -0.155. The topological polar surface area (TPSA) is 75.4 Å². The summed E-state index contributed by atoms with van der Waals surface area (Å²) in [6.45, 7) is 4.52. The molecule has 1 aromatic carbocycles. The second-order valence-corrected chi connectivity index (χ2v) is 5.38. The van der Waals surface area contributed by atoms with Crippen molar-refractivity contribution in [3.8, 4) is 0 Å². The van der Waals surface area contributed by atoms with E-state index >= 15 is 0 Å². The molecule has 108 valence electrons. The van der Waals surface area contributed by atoms with Gasteiger partial charge in [0.2, 0.25) is 11.8 Å². The Morgan fingerprint density at radius 2 is 2.25 bits per heavy atom. The van der Waals surface area contributed by atoms with Crippen molar-refractivity contribution in [2.24, 2.45) is 5.73 Å². The Hall–Kier alpha value is -1.88. The standard InChI is InChI=1S/C15H21N3O2/c1-10-8-12(17-14(19)9-11(2)16)5-6-13(10)18-7-3-4-15(18)20/h5-6,8,11H,3-4,7,9,16H2,1-2H3,(H,17,19). The number of amides is 2. The smallest absolute Gasteiger partial charge is 0.227 e. The highest BCUT2D eigenvalue weighted by molar-refractivity contribution is 5.97. The minimum Gasteiger partial charge on any atom is -0.327 e. The number of aryl methyl sites for hydroxylation is 1. The van der Waals surface area contributed by atoms with Gasteiger partial charge in [0.05, 0.1) is 0 Å². The molecule has 0 spiro atoms. The molecule has 1 aliphatic rings. The first-order valence-electron chi connectivity index (χ1n) is 6.94. The fourth-order valence-corrected chi connectivity index (χ4v) is 2.44. The maximum absolute atomic E-state index is 11.8. The molecular weight excluding hydrogens is 254 g/mol. The van der Waals surface area contributed by atoms with Gasteiger partial charge in [-0.2, -0.15) is 0 Å². The van der Waals surface area contributed by atoms with Crippen LogP contribution in [-0.2, 0) is 9.59 Å². The minimum absolute atomic E-state index is 0.0931. The Labute approximate surface area is 119 Å². The van der Waals surface area contributed by atoms with Gasteiger partial charge in [0.1, 0.15) is 0 Å². The van der Waals surface area contributed by atoms with E-state index in [4.69, 9.17) is 5.73 Å². The van der Waals surface area contributed by atoms with Gasteiger partial charge in [0, 0.05) is 36.8 Å². The van der Waals surface area contributed by atoms with Crippen LogP contribution in [0.15, 0.2) is 18.2 Å². The normalized spacial score (nSPS) is 16.4. The van der Waals surface area contributed by atoms with E-state index in [1.165, 1.54) is 0 Å². The van der Waals surface area contributed by atoms with Crippen molar-refractivity contribution >= 4 is 23.2 Å². The zero-order chi connectivity index (χ0) is 14.7. The lowest BCUT2D eigenvalue weighted by Gasteiger charge is -2.19. The maximum Gasteiger partial charge on any atom is 0.227 e. The fourth-order valence-electron chi connectivity index (χ4n) is 2.44. The summed E-state index contributed by atoms with van der Waals surface area (Å²) in [5, 5.41) is 2.82. The number of hydrogen-bond acceptors (Lipinski definition) is 3. The molecule has 0 aromatic heterocycles. The molecule has 5 nitrogen and oxygen atoms in total. The van der Waals surface area contributed by atoms with Gasteiger partial charge in [-0.25, -0.2) is 0 Å². The molecule has 1 atom stereocenters. The second-order valence-electron chi connectivity index (χ2n) is 5.38. The summed E-state index contributed by atoms with van der Waals surface area (Å²) in [5.74, 6) is 0.0752. The largest absolute Gasteiger partial charge is 0.327 e. The van der Waals surface area contributed by atoms with E-state index in [-0.39, 0.29) is 17.9 Å². The number of nitrogens with two attached hydrogens (primary N) is 1. The molecule has 0 saturated carbocycles. The van der Waals surface area contributed by atoms with Crippen LogP contribution in [0.5, 0.6) is 0 Å². The molecule has 1 fully saturated rings. The highest BCUT2D eigenvalue weighted by Crippen LogP contribution is 2.27. The quantitative estimate of drug-likeness (QED) is 0.879. The highest BCUT2D eigenvalue weighted by Gasteiger charge is 2.22. The average molecular weight is 275 g/mol. The predicted molar refractivity (Wildman–Crippen MR) is 79.7 cm³/mol. The molecular formula is C15H21N3O2. The lowest BCUT2D eigenvalue weighted by molar-refractivity contribution is -0.117. The predicted octanol–water partition coefficient (Wildman–Crippen LogP) is 1.80. The van der Waals surface area contributed by atoms with Gasteiger partial charge in [0.15, 0.2) is 0 Å². The Morgan fingerprint density at radius 1 is 1.50 bits per heavy atom. The SMILES string of the molecule is Cc1cc(NC(=O)CC(C)N)ccc1N1CCCC1=O. The summed E-state index contributed by atoms with van der Waals surface area (Å²) in [4.78, 5) is 25.2. The highest BCUT2D eigenvalue weighted by atomic mass is 16.2. The van der Waals surface area contributed by atoms with Gasteiger partial charge in [-0.15, -0.1) is 0 Å². The van der Waals surface area contributed by atoms with Crippen molar-refractivity contribution in [2.75, 3.05) is 16.8 Å². The number of rotatable bonds is 4. The molecule has 1 unspecified atom stereocenters. The van der Waals surface area contributed by atoms with Crippen molar-refractivity contribution in [1.82, 2.24) is 0 Å². The van der Waals surface area contributed by atoms with E-state index in [9.17, 15) is 9.59 Å². The van der Waals surface area contributed by atoms with Gasteiger partial charge in [0.25, 0.3) is 0 Å². The first-order valence-corrected chi connectivity index (χ1v) is 6.94. The third-order valence-electron chi connectivity index (χ3n) is 3.35. The summed E-state index contributed by atoms with van der Waals surface area (Å²) in [7, 11) is 0. The average Bonchev–Trinajstić information content (AvgIpc) is 2.74. The van der Waals surface area contributed by atoms with Crippen molar-refractivity contribution in [3.05, 3.63) is 23.8 Å². The molecule has 0 radical (unpaired) electrons. The number of anilines is 2. The van der Waals surface area contributed by atoms with Gasteiger partial charge in [-0.05, 0) is 44.0 Å². The Bertz CT molecular complexity index is 526. The summed E-state index contributed by atoms with van der Waals surface area (Å²) in [5.41, 5.74) is 8.25. The number of nitrogens with one attached hydrogen (secondary N) is 1.